The third-order valence-electron chi connectivity index (χ3n) is 6.13. The number of imide groups is 1. The number of aromatic hydroxyl groups is 1. The van der Waals surface area contributed by atoms with E-state index in [9.17, 15) is 14.7 Å². The number of ether oxygens (including phenoxy) is 1. The third kappa shape index (κ3) is 3.90. The molecule has 6 rings (SSSR count). The first-order valence-corrected chi connectivity index (χ1v) is 11.9. The highest BCUT2D eigenvalue weighted by Gasteiger charge is 2.46. The van der Waals surface area contributed by atoms with Crippen molar-refractivity contribution in [1.29, 1.82) is 0 Å². The number of anilines is 1. The molecule has 35 heavy (non-hydrogen) atoms. The van der Waals surface area contributed by atoms with Crippen LogP contribution in [0, 0.1) is 11.8 Å². The van der Waals surface area contributed by atoms with Gasteiger partial charge in [0.1, 0.15) is 5.75 Å². The van der Waals surface area contributed by atoms with E-state index in [0.717, 1.165) is 20.7 Å². The molecule has 4 aromatic rings. The number of amides is 3. The summed E-state index contributed by atoms with van der Waals surface area (Å²) in [5.74, 6) is 5.99. The topological polar surface area (TPSA) is 118 Å². The number of nitrogens with zero attached hydrogens (tertiary/aromatic N) is 2. The molecule has 2 aromatic heterocycles. The van der Waals surface area contributed by atoms with Gasteiger partial charge >= 0.3 is 6.03 Å². The maximum atomic E-state index is 12.9. The number of thiazole rings is 1. The van der Waals surface area contributed by atoms with Gasteiger partial charge in [-0.1, -0.05) is 23.2 Å². The van der Waals surface area contributed by atoms with Crippen LogP contribution < -0.4 is 20.7 Å². The number of fused-ring (bicyclic) bond motifs is 2. The number of rotatable bonds is 5. The molecule has 3 heterocycles. The maximum Gasteiger partial charge on any atom is 0.323 e. The lowest BCUT2D eigenvalue weighted by atomic mass is 10.00. The highest BCUT2D eigenvalue weighted by atomic mass is 32.1. The van der Waals surface area contributed by atoms with E-state index in [2.05, 4.69) is 32.8 Å². The molecule has 0 unspecified atom stereocenters. The number of methoxy groups -OCH3 is 1. The summed E-state index contributed by atoms with van der Waals surface area (Å²) in [5.41, 5.74) is 0.0264. The third-order valence-corrected chi connectivity index (χ3v) is 7.08. The van der Waals surface area contributed by atoms with Crippen molar-refractivity contribution >= 4 is 49.4 Å². The van der Waals surface area contributed by atoms with Crippen molar-refractivity contribution in [3.05, 3.63) is 48.2 Å². The van der Waals surface area contributed by atoms with Crippen molar-refractivity contribution in [2.45, 2.75) is 31.0 Å². The predicted octanol–water partition coefficient (Wildman–Crippen LogP) is 3.17. The van der Waals surface area contributed by atoms with Gasteiger partial charge in [0.05, 0.1) is 23.9 Å². The highest BCUT2D eigenvalue weighted by Crippen LogP contribution is 2.33. The van der Waals surface area contributed by atoms with Gasteiger partial charge < -0.3 is 25.0 Å². The molecule has 9 nitrogen and oxygen atoms in total. The van der Waals surface area contributed by atoms with Crippen LogP contribution in [0.15, 0.2) is 42.6 Å². The SMILES string of the molecule is COc1ccc2cn(C[C@@]3(C#Cc4ccc5nc(NC6CC6)sc5c4)NC(=O)NC3=O)c(O)c2c1. The Labute approximate surface area is 204 Å². The minimum absolute atomic E-state index is 0.0456. The van der Waals surface area contributed by atoms with Crippen LogP contribution in [0.5, 0.6) is 11.6 Å². The number of carbonyl (C=O) groups excluding carboxylic acids is 2. The Morgan fingerprint density at radius 1 is 1.29 bits per heavy atom. The van der Waals surface area contributed by atoms with Gasteiger partial charge in [-0.05, 0) is 49.2 Å². The Kier molecular flexibility index (Phi) is 4.82. The van der Waals surface area contributed by atoms with E-state index in [1.807, 2.05) is 24.3 Å². The summed E-state index contributed by atoms with van der Waals surface area (Å²) < 4.78 is 7.73. The van der Waals surface area contributed by atoms with E-state index >= 15 is 0 Å². The molecule has 0 bridgehead atoms. The van der Waals surface area contributed by atoms with E-state index in [0.29, 0.717) is 22.7 Å². The molecule has 176 valence electrons. The van der Waals surface area contributed by atoms with Crippen LogP contribution in [0.1, 0.15) is 18.4 Å². The molecular formula is C25H21N5O4S. The Balaban J connectivity index is 1.35. The van der Waals surface area contributed by atoms with Crippen molar-refractivity contribution in [2.75, 3.05) is 12.4 Å². The first-order valence-electron chi connectivity index (χ1n) is 11.1. The van der Waals surface area contributed by atoms with Gasteiger partial charge in [-0.3, -0.25) is 10.1 Å². The number of benzene rings is 2. The van der Waals surface area contributed by atoms with Crippen molar-refractivity contribution in [1.82, 2.24) is 20.2 Å². The van der Waals surface area contributed by atoms with E-state index in [4.69, 9.17) is 4.74 Å². The van der Waals surface area contributed by atoms with Gasteiger partial charge in [-0.2, -0.15) is 0 Å². The van der Waals surface area contributed by atoms with E-state index in [-0.39, 0.29) is 12.4 Å². The van der Waals surface area contributed by atoms with Gasteiger partial charge in [-0.25, -0.2) is 9.78 Å². The van der Waals surface area contributed by atoms with Crippen LogP contribution >= 0.6 is 11.3 Å². The molecule has 1 saturated carbocycles. The molecule has 2 fully saturated rings. The lowest BCUT2D eigenvalue weighted by Gasteiger charge is -2.20. The molecule has 1 saturated heterocycles. The predicted molar refractivity (Wildman–Crippen MR) is 133 cm³/mol. The smallest absolute Gasteiger partial charge is 0.323 e. The van der Waals surface area contributed by atoms with Gasteiger partial charge in [0, 0.05) is 28.6 Å². The van der Waals surface area contributed by atoms with Gasteiger partial charge in [0.25, 0.3) is 5.91 Å². The van der Waals surface area contributed by atoms with E-state index < -0.39 is 17.5 Å². The minimum atomic E-state index is -1.55. The fourth-order valence-electron chi connectivity index (χ4n) is 4.10. The summed E-state index contributed by atoms with van der Waals surface area (Å²) in [6.07, 6.45) is 4.05. The zero-order valence-electron chi connectivity index (χ0n) is 18.7. The molecule has 0 spiro atoms. The lowest BCUT2D eigenvalue weighted by molar-refractivity contribution is -0.122. The molecule has 1 atom stereocenters. The second-order valence-corrected chi connectivity index (χ2v) is 9.75. The summed E-state index contributed by atoms with van der Waals surface area (Å²) >= 11 is 1.56. The summed E-state index contributed by atoms with van der Waals surface area (Å²) in [4.78, 5) is 29.5. The molecule has 2 aromatic carbocycles. The fraction of sp³-hybridized carbons (Fsp3) is 0.240. The van der Waals surface area contributed by atoms with Crippen molar-refractivity contribution < 1.29 is 19.4 Å². The molecule has 10 heteroatoms. The molecule has 0 radical (unpaired) electrons. The van der Waals surface area contributed by atoms with Gasteiger partial charge in [0.15, 0.2) is 11.0 Å². The molecular weight excluding hydrogens is 466 g/mol. The monoisotopic (exact) mass is 487 g/mol. The number of nitrogens with one attached hydrogen (secondary N) is 3. The van der Waals surface area contributed by atoms with Crippen LogP contribution in [0.4, 0.5) is 9.93 Å². The average Bonchev–Trinajstić information content (AvgIpc) is 3.39. The maximum absolute atomic E-state index is 12.9. The van der Waals surface area contributed by atoms with Gasteiger partial charge in [0.2, 0.25) is 5.54 Å². The quantitative estimate of drug-likeness (QED) is 0.254. The molecule has 4 N–H and O–H groups in total. The lowest BCUT2D eigenvalue weighted by Crippen LogP contribution is -2.49. The Bertz CT molecular complexity index is 1580. The number of aromatic nitrogens is 2. The Morgan fingerprint density at radius 3 is 2.89 bits per heavy atom. The first kappa shape index (κ1) is 21.3. The first-order chi connectivity index (χ1) is 16.9. The van der Waals surface area contributed by atoms with E-state index in [1.54, 1.807) is 36.8 Å². The summed E-state index contributed by atoms with van der Waals surface area (Å²) in [6.45, 7) is -0.0708. The molecule has 1 aliphatic heterocycles. The second kappa shape index (κ2) is 7.92. The van der Waals surface area contributed by atoms with Crippen LogP contribution in [0.25, 0.3) is 21.0 Å². The minimum Gasteiger partial charge on any atom is -0.497 e. The van der Waals surface area contributed by atoms with Crippen molar-refractivity contribution in [3.8, 4) is 23.5 Å². The highest BCUT2D eigenvalue weighted by molar-refractivity contribution is 7.22. The zero-order chi connectivity index (χ0) is 24.2. The second-order valence-electron chi connectivity index (χ2n) is 8.72. The van der Waals surface area contributed by atoms with Gasteiger partial charge in [-0.15, -0.1) is 0 Å². The summed E-state index contributed by atoms with van der Waals surface area (Å²) in [6, 6.07) is 10.9. The number of hydrogen-bond acceptors (Lipinski definition) is 7. The Hall–Kier alpha value is -4.23. The summed E-state index contributed by atoms with van der Waals surface area (Å²) in [7, 11) is 1.55. The van der Waals surface area contributed by atoms with Crippen molar-refractivity contribution in [3.63, 3.8) is 0 Å². The number of carbonyl (C=O) groups is 2. The number of urea groups is 1. The van der Waals surface area contributed by atoms with Crippen LogP contribution in [0.2, 0.25) is 0 Å². The van der Waals surface area contributed by atoms with Crippen LogP contribution in [-0.2, 0) is 11.3 Å². The van der Waals surface area contributed by atoms with Crippen LogP contribution in [0.3, 0.4) is 0 Å². The standard InChI is InChI=1S/C25H21N5O4S/c1-34-17-6-3-15-12-30(21(31)18(15)11-17)13-25(22(32)28-23(33)29-25)9-8-14-2-7-19-20(10-14)35-24(27-19)26-16-4-5-16/h2-3,6-7,10-12,16,31H,4-5,13H2,1H3,(H,26,27)(H2,28,29,32,33)/t25-/m1/s1. The molecule has 2 aliphatic rings. The molecule has 1 aliphatic carbocycles. The summed E-state index contributed by atoms with van der Waals surface area (Å²) in [5, 5.41) is 21.4. The van der Waals surface area contributed by atoms with Crippen molar-refractivity contribution in [2.24, 2.45) is 0 Å². The molecule has 3 amide bonds. The normalized spacial score (nSPS) is 19.3. The average molecular weight is 488 g/mol. The van der Waals surface area contributed by atoms with Crippen LogP contribution in [-0.4, -0.2) is 45.3 Å². The largest absolute Gasteiger partial charge is 0.497 e. The fourth-order valence-corrected chi connectivity index (χ4v) is 5.09. The van der Waals surface area contributed by atoms with E-state index in [1.165, 1.54) is 17.4 Å². The number of hydrogen-bond donors (Lipinski definition) is 4. The Morgan fingerprint density at radius 2 is 2.14 bits per heavy atom. The zero-order valence-corrected chi connectivity index (χ0v) is 19.5.